The lowest BCUT2D eigenvalue weighted by Crippen LogP contribution is -2.30. The van der Waals surface area contributed by atoms with Gasteiger partial charge in [-0.1, -0.05) is 49.4 Å². The predicted molar refractivity (Wildman–Crippen MR) is 119 cm³/mol. The zero-order valence-corrected chi connectivity index (χ0v) is 17.7. The number of imidazole rings is 1. The summed E-state index contributed by atoms with van der Waals surface area (Å²) in [5, 5.41) is 6.01. The van der Waals surface area contributed by atoms with Crippen LogP contribution in [0.3, 0.4) is 0 Å². The molecule has 2 aromatic carbocycles. The van der Waals surface area contributed by atoms with Crippen LogP contribution in [0.25, 0.3) is 11.0 Å². The van der Waals surface area contributed by atoms with E-state index in [1.165, 1.54) is 0 Å². The van der Waals surface area contributed by atoms with Crippen LogP contribution < -0.4 is 10.6 Å². The number of fused-ring (bicyclic) bond motifs is 1. The van der Waals surface area contributed by atoms with Gasteiger partial charge >= 0.3 is 0 Å². The third-order valence-electron chi connectivity index (χ3n) is 5.09. The molecular weight excluding hydrogens is 376 g/mol. The Bertz CT molecular complexity index is 981. The highest BCUT2D eigenvalue weighted by Crippen LogP contribution is 2.18. The SMILES string of the molecule is CCCC(=O)NCCCc1nc2ccccc2n1CC(=O)NC(C)c1ccccc1. The third-order valence-corrected chi connectivity index (χ3v) is 5.09. The summed E-state index contributed by atoms with van der Waals surface area (Å²) >= 11 is 0. The van der Waals surface area contributed by atoms with Crippen molar-refractivity contribution in [3.05, 3.63) is 66.0 Å². The molecule has 1 atom stereocenters. The van der Waals surface area contributed by atoms with Gasteiger partial charge in [-0.3, -0.25) is 9.59 Å². The summed E-state index contributed by atoms with van der Waals surface area (Å²) in [5.74, 6) is 0.899. The quantitative estimate of drug-likeness (QED) is 0.503. The average molecular weight is 407 g/mol. The Kier molecular flexibility index (Phi) is 7.60. The molecule has 0 radical (unpaired) electrons. The Balaban J connectivity index is 1.66. The fraction of sp³-hybridized carbons (Fsp3) is 0.375. The van der Waals surface area contributed by atoms with Crippen LogP contribution in [0, 0.1) is 0 Å². The molecule has 1 heterocycles. The molecule has 6 heteroatoms. The lowest BCUT2D eigenvalue weighted by Gasteiger charge is -2.16. The van der Waals surface area contributed by atoms with Crippen molar-refractivity contribution in [3.63, 3.8) is 0 Å². The molecule has 0 saturated heterocycles. The summed E-state index contributed by atoms with van der Waals surface area (Å²) in [6.07, 6.45) is 2.87. The number of hydrogen-bond donors (Lipinski definition) is 2. The van der Waals surface area contributed by atoms with Gasteiger partial charge in [-0.2, -0.15) is 0 Å². The van der Waals surface area contributed by atoms with Crippen molar-refractivity contribution >= 4 is 22.8 Å². The predicted octanol–water partition coefficient (Wildman–Crippen LogP) is 3.76. The molecule has 3 rings (SSSR count). The number of aromatic nitrogens is 2. The van der Waals surface area contributed by atoms with Crippen molar-refractivity contribution in [3.8, 4) is 0 Å². The van der Waals surface area contributed by atoms with Crippen LogP contribution in [-0.4, -0.2) is 27.9 Å². The van der Waals surface area contributed by atoms with Gasteiger partial charge in [0.15, 0.2) is 0 Å². The van der Waals surface area contributed by atoms with Crippen LogP contribution in [0.2, 0.25) is 0 Å². The second kappa shape index (κ2) is 10.6. The number of carbonyl (C=O) groups excluding carboxylic acids is 2. The van der Waals surface area contributed by atoms with Crippen LogP contribution in [0.5, 0.6) is 0 Å². The van der Waals surface area contributed by atoms with Crippen molar-refractivity contribution in [2.24, 2.45) is 0 Å². The molecular formula is C24H30N4O2. The smallest absolute Gasteiger partial charge is 0.240 e. The summed E-state index contributed by atoms with van der Waals surface area (Å²) in [6.45, 7) is 4.80. The van der Waals surface area contributed by atoms with Gasteiger partial charge in [-0.25, -0.2) is 4.98 Å². The van der Waals surface area contributed by atoms with Gasteiger partial charge in [-0.05, 0) is 37.5 Å². The molecule has 0 spiro atoms. The van der Waals surface area contributed by atoms with E-state index in [0.29, 0.717) is 19.4 Å². The molecule has 2 amide bonds. The van der Waals surface area contributed by atoms with Gasteiger partial charge in [-0.15, -0.1) is 0 Å². The average Bonchev–Trinajstić information content (AvgIpc) is 3.09. The molecule has 0 aliphatic carbocycles. The summed E-state index contributed by atoms with van der Waals surface area (Å²) < 4.78 is 1.98. The second-order valence-corrected chi connectivity index (χ2v) is 7.51. The topological polar surface area (TPSA) is 76.0 Å². The first-order chi connectivity index (χ1) is 14.6. The maximum Gasteiger partial charge on any atom is 0.240 e. The molecule has 1 unspecified atom stereocenters. The molecule has 3 aromatic rings. The summed E-state index contributed by atoms with van der Waals surface area (Å²) in [6, 6.07) is 17.7. The molecule has 0 saturated carbocycles. The lowest BCUT2D eigenvalue weighted by atomic mass is 10.1. The molecule has 0 bridgehead atoms. The van der Waals surface area contributed by atoms with E-state index >= 15 is 0 Å². The van der Waals surface area contributed by atoms with Gasteiger partial charge < -0.3 is 15.2 Å². The lowest BCUT2D eigenvalue weighted by molar-refractivity contribution is -0.122. The minimum Gasteiger partial charge on any atom is -0.356 e. The van der Waals surface area contributed by atoms with E-state index in [-0.39, 0.29) is 24.4 Å². The van der Waals surface area contributed by atoms with E-state index in [1.54, 1.807) is 0 Å². The Morgan fingerprint density at radius 2 is 1.77 bits per heavy atom. The van der Waals surface area contributed by atoms with Gasteiger partial charge in [0.2, 0.25) is 11.8 Å². The van der Waals surface area contributed by atoms with E-state index < -0.39 is 0 Å². The number of benzene rings is 2. The van der Waals surface area contributed by atoms with E-state index in [1.807, 2.05) is 73.0 Å². The molecule has 0 aliphatic rings. The zero-order chi connectivity index (χ0) is 21.3. The van der Waals surface area contributed by atoms with Gasteiger partial charge in [0.25, 0.3) is 0 Å². The van der Waals surface area contributed by atoms with E-state index in [9.17, 15) is 9.59 Å². The number of rotatable bonds is 10. The highest BCUT2D eigenvalue weighted by atomic mass is 16.2. The number of hydrogen-bond acceptors (Lipinski definition) is 3. The van der Waals surface area contributed by atoms with Crippen LogP contribution in [0.4, 0.5) is 0 Å². The number of aryl methyl sites for hydroxylation is 1. The first-order valence-electron chi connectivity index (χ1n) is 10.6. The Labute approximate surface area is 177 Å². The Hall–Kier alpha value is -3.15. The molecule has 6 nitrogen and oxygen atoms in total. The van der Waals surface area contributed by atoms with Crippen LogP contribution >= 0.6 is 0 Å². The molecule has 0 fully saturated rings. The molecule has 2 N–H and O–H groups in total. The zero-order valence-electron chi connectivity index (χ0n) is 17.7. The number of nitrogens with one attached hydrogen (secondary N) is 2. The van der Waals surface area contributed by atoms with E-state index in [4.69, 9.17) is 4.98 Å². The number of para-hydroxylation sites is 2. The highest BCUT2D eigenvalue weighted by molar-refractivity contribution is 5.81. The standard InChI is InChI=1S/C24H30N4O2/c1-3-10-23(29)25-16-9-15-22-27-20-13-7-8-14-21(20)28(22)17-24(30)26-18(2)19-11-5-4-6-12-19/h4-8,11-14,18H,3,9-10,15-17H2,1-2H3,(H,25,29)(H,26,30). The van der Waals surface area contributed by atoms with Crippen molar-refractivity contribution in [1.82, 2.24) is 20.2 Å². The molecule has 158 valence electrons. The van der Waals surface area contributed by atoms with Crippen molar-refractivity contribution < 1.29 is 9.59 Å². The largest absolute Gasteiger partial charge is 0.356 e. The minimum absolute atomic E-state index is 0.0491. The maximum absolute atomic E-state index is 12.8. The second-order valence-electron chi connectivity index (χ2n) is 7.51. The molecule has 30 heavy (non-hydrogen) atoms. The normalized spacial score (nSPS) is 11.9. The number of amides is 2. The van der Waals surface area contributed by atoms with Crippen molar-refractivity contribution in [2.45, 2.75) is 52.1 Å². The third kappa shape index (κ3) is 5.69. The fourth-order valence-corrected chi connectivity index (χ4v) is 3.54. The number of carbonyl (C=O) groups is 2. The van der Waals surface area contributed by atoms with E-state index in [2.05, 4.69) is 10.6 Å². The van der Waals surface area contributed by atoms with Crippen LogP contribution in [0.1, 0.15) is 50.5 Å². The summed E-state index contributed by atoms with van der Waals surface area (Å²) in [5.41, 5.74) is 2.90. The first-order valence-corrected chi connectivity index (χ1v) is 10.6. The first kappa shape index (κ1) is 21.6. The van der Waals surface area contributed by atoms with Crippen molar-refractivity contribution in [2.75, 3.05) is 6.54 Å². The minimum atomic E-state index is -0.0642. The molecule has 0 aliphatic heterocycles. The summed E-state index contributed by atoms with van der Waals surface area (Å²) in [7, 11) is 0. The van der Waals surface area contributed by atoms with Gasteiger partial charge in [0.1, 0.15) is 12.4 Å². The van der Waals surface area contributed by atoms with E-state index in [0.717, 1.165) is 35.3 Å². The van der Waals surface area contributed by atoms with Crippen LogP contribution in [0.15, 0.2) is 54.6 Å². The van der Waals surface area contributed by atoms with Gasteiger partial charge in [0, 0.05) is 19.4 Å². The van der Waals surface area contributed by atoms with Gasteiger partial charge in [0.05, 0.1) is 17.1 Å². The van der Waals surface area contributed by atoms with Crippen molar-refractivity contribution in [1.29, 1.82) is 0 Å². The van der Waals surface area contributed by atoms with Crippen LogP contribution in [-0.2, 0) is 22.6 Å². The fourth-order valence-electron chi connectivity index (χ4n) is 3.54. The molecule has 1 aromatic heterocycles. The Morgan fingerprint density at radius 3 is 2.53 bits per heavy atom. The maximum atomic E-state index is 12.8. The number of nitrogens with zero attached hydrogens (tertiary/aromatic N) is 2. The summed E-state index contributed by atoms with van der Waals surface area (Å²) in [4.78, 5) is 29.1. The highest BCUT2D eigenvalue weighted by Gasteiger charge is 2.15. The monoisotopic (exact) mass is 406 g/mol. The Morgan fingerprint density at radius 1 is 1.03 bits per heavy atom.